The van der Waals surface area contributed by atoms with Gasteiger partial charge in [-0.1, -0.05) is 0 Å². The fraction of sp³-hybridized carbons (Fsp3) is 0.857. The van der Waals surface area contributed by atoms with Crippen LogP contribution in [-0.4, -0.2) is 32.0 Å². The average Bonchev–Trinajstić information content (AvgIpc) is 1.82. The van der Waals surface area contributed by atoms with E-state index in [1.807, 2.05) is 6.92 Å². The summed E-state index contributed by atoms with van der Waals surface area (Å²) in [5.74, 6) is 0.344. The van der Waals surface area contributed by atoms with Crippen molar-refractivity contribution in [1.82, 2.24) is 0 Å². The maximum atomic E-state index is 10.8. The summed E-state index contributed by atoms with van der Waals surface area (Å²) in [6.45, 7) is 5.79. The Kier molecular flexibility index (Phi) is 5.90. The topological polar surface area (TPSA) is 17.1 Å². The van der Waals surface area contributed by atoms with Crippen LogP contribution in [0.5, 0.6) is 0 Å². The van der Waals surface area contributed by atoms with Gasteiger partial charge in [-0.2, -0.15) is 0 Å². The predicted molar refractivity (Wildman–Crippen MR) is 49.1 cm³/mol. The number of hydrogen-bond acceptors (Lipinski definition) is 2. The van der Waals surface area contributed by atoms with Crippen molar-refractivity contribution in [1.29, 1.82) is 0 Å². The van der Waals surface area contributed by atoms with Gasteiger partial charge in [-0.05, 0) is 0 Å². The second-order valence-electron chi connectivity index (χ2n) is 2.44. The number of carbonyl (C=O) groups excluding carboxylic acids is 1. The fourth-order valence-corrected chi connectivity index (χ4v) is 3.27. The van der Waals surface area contributed by atoms with Gasteiger partial charge in [-0.3, -0.25) is 0 Å². The molecule has 0 saturated heterocycles. The summed E-state index contributed by atoms with van der Waals surface area (Å²) in [6, 6.07) is 0. The van der Waals surface area contributed by atoms with Gasteiger partial charge in [0.05, 0.1) is 0 Å². The van der Waals surface area contributed by atoms with Gasteiger partial charge in [0.1, 0.15) is 0 Å². The third kappa shape index (κ3) is 5.58. The molecule has 0 aromatic carbocycles. The molecule has 0 heterocycles. The average molecular weight is 274 g/mol. The number of hydrogen-bond donors (Lipinski definition) is 1. The summed E-state index contributed by atoms with van der Waals surface area (Å²) in [5, 5.41) is 0.476. The summed E-state index contributed by atoms with van der Waals surface area (Å²) in [5.41, 5.74) is 0. The van der Waals surface area contributed by atoms with E-state index in [0.29, 0.717) is 15.0 Å². The summed E-state index contributed by atoms with van der Waals surface area (Å²) < 4.78 is 1.51. The SMILES string of the molecule is CC(=O)C(C)[Te]CC(C)S. The van der Waals surface area contributed by atoms with Crippen molar-refractivity contribution in [3.05, 3.63) is 0 Å². The summed E-state index contributed by atoms with van der Waals surface area (Å²) in [7, 11) is 0. The molecule has 2 atom stereocenters. The van der Waals surface area contributed by atoms with Gasteiger partial charge in [-0.15, -0.1) is 0 Å². The monoisotopic (exact) mass is 276 g/mol. The molecule has 2 unspecified atom stereocenters. The van der Waals surface area contributed by atoms with Crippen molar-refractivity contribution in [2.75, 3.05) is 0 Å². The van der Waals surface area contributed by atoms with E-state index in [9.17, 15) is 4.79 Å². The van der Waals surface area contributed by atoms with Gasteiger partial charge >= 0.3 is 78.6 Å². The zero-order chi connectivity index (χ0) is 8.15. The van der Waals surface area contributed by atoms with Crippen molar-refractivity contribution in [3.63, 3.8) is 0 Å². The van der Waals surface area contributed by atoms with Gasteiger partial charge < -0.3 is 0 Å². The van der Waals surface area contributed by atoms with Crippen LogP contribution in [0.3, 0.4) is 0 Å². The first-order chi connectivity index (χ1) is 4.54. The van der Waals surface area contributed by atoms with Crippen molar-refractivity contribution in [2.45, 2.75) is 34.5 Å². The van der Waals surface area contributed by atoms with Crippen LogP contribution in [0.15, 0.2) is 0 Å². The van der Waals surface area contributed by atoms with E-state index in [0.717, 1.165) is 4.47 Å². The van der Waals surface area contributed by atoms with Crippen molar-refractivity contribution in [3.8, 4) is 0 Å². The summed E-state index contributed by atoms with van der Waals surface area (Å²) in [6.07, 6.45) is 0. The Labute approximate surface area is 78.4 Å². The van der Waals surface area contributed by atoms with Crippen LogP contribution in [0.1, 0.15) is 20.8 Å². The standard InChI is InChI=1S/C7H14OSTe/c1-5(9)4-10-7(3)6(2)8/h5,7,9H,4H2,1-3H3. The Balaban J connectivity index is 3.40. The molecule has 3 heteroatoms. The number of rotatable bonds is 4. The molecule has 1 nitrogen and oxygen atoms in total. The molecule has 0 N–H and O–H groups in total. The Morgan fingerprint density at radius 1 is 1.60 bits per heavy atom. The van der Waals surface area contributed by atoms with Gasteiger partial charge in [-0.25, -0.2) is 0 Å². The number of Topliss-reactive ketones (excluding diaryl/α,β-unsaturated/α-hetero) is 1. The number of ketones is 1. The Hall–Kier alpha value is 0.810. The molecule has 10 heavy (non-hydrogen) atoms. The van der Waals surface area contributed by atoms with Crippen LogP contribution < -0.4 is 0 Å². The van der Waals surface area contributed by atoms with E-state index >= 15 is 0 Å². The molecule has 0 spiro atoms. The Bertz CT molecular complexity index is 114. The summed E-state index contributed by atoms with van der Waals surface area (Å²) in [4.78, 5) is 10.8. The second kappa shape index (κ2) is 5.46. The molecule has 0 radical (unpaired) electrons. The van der Waals surface area contributed by atoms with Crippen molar-refractivity contribution >= 4 is 39.3 Å². The van der Waals surface area contributed by atoms with E-state index in [-0.39, 0.29) is 20.9 Å². The van der Waals surface area contributed by atoms with Gasteiger partial charge in [0.2, 0.25) is 0 Å². The van der Waals surface area contributed by atoms with E-state index in [1.54, 1.807) is 6.92 Å². The molecule has 0 amide bonds. The molecule has 0 aromatic rings. The molecule has 0 aromatic heterocycles. The van der Waals surface area contributed by atoms with E-state index in [1.165, 1.54) is 0 Å². The molecule has 0 aliphatic heterocycles. The van der Waals surface area contributed by atoms with E-state index in [2.05, 4.69) is 19.6 Å². The van der Waals surface area contributed by atoms with Gasteiger partial charge in [0.25, 0.3) is 0 Å². The normalized spacial score (nSPS) is 16.4. The van der Waals surface area contributed by atoms with Crippen LogP contribution >= 0.6 is 12.6 Å². The van der Waals surface area contributed by atoms with E-state index in [4.69, 9.17) is 0 Å². The molecular weight excluding hydrogens is 260 g/mol. The van der Waals surface area contributed by atoms with Gasteiger partial charge in [0, 0.05) is 0 Å². The molecular formula is C7H14OSTe. The number of carbonyl (C=O) groups is 1. The first-order valence-electron chi connectivity index (χ1n) is 3.34. The molecule has 60 valence electrons. The predicted octanol–water partition coefficient (Wildman–Crippen LogP) is 1.82. The van der Waals surface area contributed by atoms with Crippen molar-refractivity contribution < 1.29 is 4.79 Å². The molecule has 0 saturated carbocycles. The quantitative estimate of drug-likeness (QED) is 0.611. The minimum absolute atomic E-state index is 0.111. The maximum absolute atomic E-state index is 10.8. The third-order valence-corrected chi connectivity index (χ3v) is 6.46. The minimum atomic E-state index is -0.111. The van der Waals surface area contributed by atoms with Crippen LogP contribution in [-0.2, 0) is 4.79 Å². The zero-order valence-corrected chi connectivity index (χ0v) is 9.85. The Morgan fingerprint density at radius 2 is 2.10 bits per heavy atom. The summed E-state index contributed by atoms with van der Waals surface area (Å²) >= 11 is 4.15. The third-order valence-electron chi connectivity index (χ3n) is 1.16. The molecule has 0 aliphatic carbocycles. The van der Waals surface area contributed by atoms with Crippen LogP contribution in [0, 0.1) is 0 Å². The fourth-order valence-electron chi connectivity index (χ4n) is 0.401. The second-order valence-corrected chi connectivity index (χ2v) is 7.24. The molecule has 0 aliphatic rings. The van der Waals surface area contributed by atoms with Crippen molar-refractivity contribution in [2.24, 2.45) is 0 Å². The van der Waals surface area contributed by atoms with Gasteiger partial charge in [0.15, 0.2) is 0 Å². The number of thiol groups is 1. The first-order valence-corrected chi connectivity index (χ1v) is 6.85. The van der Waals surface area contributed by atoms with Crippen LogP contribution in [0.4, 0.5) is 0 Å². The molecule has 0 bridgehead atoms. The van der Waals surface area contributed by atoms with Crippen LogP contribution in [0.2, 0.25) is 8.43 Å². The zero-order valence-electron chi connectivity index (χ0n) is 6.63. The Morgan fingerprint density at radius 3 is 2.40 bits per heavy atom. The molecule has 0 rings (SSSR count). The van der Waals surface area contributed by atoms with E-state index < -0.39 is 0 Å². The molecule has 0 fully saturated rings. The first kappa shape index (κ1) is 10.8. The van der Waals surface area contributed by atoms with Crippen LogP contribution in [0.25, 0.3) is 0 Å².